The van der Waals surface area contributed by atoms with Crippen molar-refractivity contribution in [2.75, 3.05) is 17.6 Å². The van der Waals surface area contributed by atoms with Crippen LogP contribution in [0.4, 0.5) is 11.5 Å². The maximum Gasteiger partial charge on any atom is 0.148 e. The number of nitrogen functional groups attached to an aromatic ring is 1. The summed E-state index contributed by atoms with van der Waals surface area (Å²) in [4.78, 5) is 4.15. The lowest BCUT2D eigenvalue weighted by atomic mass is 10.0. The average molecular weight is 215 g/mol. The number of anilines is 2. The maximum absolute atomic E-state index is 5.84. The van der Waals surface area contributed by atoms with Crippen LogP contribution >= 0.6 is 0 Å². The largest absolute Gasteiger partial charge is 0.394 e. The van der Waals surface area contributed by atoms with Crippen molar-refractivity contribution >= 4 is 11.5 Å². The summed E-state index contributed by atoms with van der Waals surface area (Å²) in [5.74, 6) is 0.917. The first kappa shape index (κ1) is 9.21. The number of nitrogens with two attached hydrogens (primary N) is 1. The van der Waals surface area contributed by atoms with E-state index in [-0.39, 0.29) is 6.04 Å². The summed E-state index contributed by atoms with van der Waals surface area (Å²) in [5.41, 5.74) is 7.72. The van der Waals surface area contributed by atoms with Crippen molar-refractivity contribution < 1.29 is 0 Å². The number of hydrogen-bond acceptors (Lipinski definition) is 4. The molecule has 1 unspecified atom stereocenters. The molecule has 82 valence electrons. The van der Waals surface area contributed by atoms with Gasteiger partial charge in [0.05, 0.1) is 17.9 Å². The average Bonchev–Trinajstić information content (AvgIpc) is 2.73. The van der Waals surface area contributed by atoms with Crippen LogP contribution in [0.2, 0.25) is 0 Å². The molecule has 0 bridgehead atoms. The van der Waals surface area contributed by atoms with E-state index >= 15 is 0 Å². The van der Waals surface area contributed by atoms with Gasteiger partial charge in [0.15, 0.2) is 0 Å². The lowest BCUT2D eigenvalue weighted by Crippen LogP contribution is -2.24. The second-order valence-electron chi connectivity index (χ2n) is 3.91. The molecular weight excluding hydrogens is 202 g/mol. The standard InChI is InChI=1S/C11H13N5/c12-9-7-15-16-10(3-5-14-11(9)16)8-2-1-4-13-6-8/h1-2,4,6-7,10,14H,3,5,12H2. The number of nitrogens with zero attached hydrogens (tertiary/aromatic N) is 3. The zero-order valence-electron chi connectivity index (χ0n) is 8.80. The molecule has 1 aliphatic heterocycles. The lowest BCUT2D eigenvalue weighted by molar-refractivity contribution is 0.481. The van der Waals surface area contributed by atoms with Gasteiger partial charge in [0.2, 0.25) is 0 Å². The first-order valence-corrected chi connectivity index (χ1v) is 5.33. The molecule has 16 heavy (non-hydrogen) atoms. The molecule has 0 spiro atoms. The lowest BCUT2D eigenvalue weighted by Gasteiger charge is -2.25. The van der Waals surface area contributed by atoms with Gasteiger partial charge in [-0.05, 0) is 18.1 Å². The van der Waals surface area contributed by atoms with Crippen molar-refractivity contribution in [2.45, 2.75) is 12.5 Å². The number of fused-ring (bicyclic) bond motifs is 1. The van der Waals surface area contributed by atoms with Gasteiger partial charge < -0.3 is 11.1 Å². The third kappa shape index (κ3) is 1.32. The quantitative estimate of drug-likeness (QED) is 0.751. The summed E-state index contributed by atoms with van der Waals surface area (Å²) in [6.07, 6.45) is 6.36. The molecule has 0 aromatic carbocycles. The Balaban J connectivity index is 2.05. The molecule has 1 aliphatic rings. The Bertz CT molecular complexity index is 490. The fourth-order valence-corrected chi connectivity index (χ4v) is 2.13. The second kappa shape index (κ2) is 3.52. The van der Waals surface area contributed by atoms with Gasteiger partial charge in [-0.15, -0.1) is 0 Å². The molecule has 5 heteroatoms. The van der Waals surface area contributed by atoms with Gasteiger partial charge in [0.1, 0.15) is 5.82 Å². The normalized spacial score (nSPS) is 18.9. The van der Waals surface area contributed by atoms with Crippen LogP contribution in [0, 0.1) is 0 Å². The molecule has 0 aliphatic carbocycles. The van der Waals surface area contributed by atoms with Crippen LogP contribution in [0.5, 0.6) is 0 Å². The predicted octanol–water partition coefficient (Wildman–Crippen LogP) is 1.27. The highest BCUT2D eigenvalue weighted by atomic mass is 15.4. The van der Waals surface area contributed by atoms with Crippen LogP contribution in [-0.2, 0) is 0 Å². The summed E-state index contributed by atoms with van der Waals surface area (Å²) in [6, 6.07) is 4.26. The minimum atomic E-state index is 0.238. The molecule has 2 aromatic heterocycles. The Hall–Kier alpha value is -2.04. The van der Waals surface area contributed by atoms with E-state index in [2.05, 4.69) is 21.5 Å². The van der Waals surface area contributed by atoms with E-state index in [0.29, 0.717) is 5.69 Å². The minimum absolute atomic E-state index is 0.238. The molecule has 0 saturated heterocycles. The van der Waals surface area contributed by atoms with Crippen LogP contribution in [0.15, 0.2) is 30.7 Å². The Labute approximate surface area is 93.3 Å². The number of hydrogen-bond donors (Lipinski definition) is 2. The highest BCUT2D eigenvalue weighted by Gasteiger charge is 2.23. The van der Waals surface area contributed by atoms with Crippen molar-refractivity contribution in [3.63, 3.8) is 0 Å². The van der Waals surface area contributed by atoms with Gasteiger partial charge in [-0.1, -0.05) is 6.07 Å². The molecule has 2 aromatic rings. The van der Waals surface area contributed by atoms with Crippen LogP contribution < -0.4 is 11.1 Å². The van der Waals surface area contributed by atoms with Gasteiger partial charge in [-0.25, -0.2) is 4.68 Å². The summed E-state index contributed by atoms with van der Waals surface area (Å²) in [6.45, 7) is 0.912. The number of aromatic nitrogens is 3. The molecule has 3 N–H and O–H groups in total. The van der Waals surface area contributed by atoms with E-state index in [1.807, 2.05) is 16.9 Å². The summed E-state index contributed by atoms with van der Waals surface area (Å²) in [5, 5.41) is 7.58. The first-order chi connectivity index (χ1) is 7.86. The molecule has 0 saturated carbocycles. The van der Waals surface area contributed by atoms with E-state index in [0.717, 1.165) is 18.8 Å². The van der Waals surface area contributed by atoms with Crippen molar-refractivity contribution in [3.05, 3.63) is 36.3 Å². The zero-order valence-corrected chi connectivity index (χ0v) is 8.80. The molecule has 0 amide bonds. The van der Waals surface area contributed by atoms with Crippen LogP contribution in [-0.4, -0.2) is 21.3 Å². The Morgan fingerprint density at radius 2 is 2.38 bits per heavy atom. The first-order valence-electron chi connectivity index (χ1n) is 5.33. The molecule has 5 nitrogen and oxygen atoms in total. The monoisotopic (exact) mass is 215 g/mol. The fraction of sp³-hybridized carbons (Fsp3) is 0.273. The maximum atomic E-state index is 5.84. The van der Waals surface area contributed by atoms with E-state index < -0.39 is 0 Å². The topological polar surface area (TPSA) is 68.8 Å². The number of rotatable bonds is 1. The highest BCUT2D eigenvalue weighted by Crippen LogP contribution is 2.31. The predicted molar refractivity (Wildman–Crippen MR) is 62.1 cm³/mol. The van der Waals surface area contributed by atoms with Gasteiger partial charge in [0, 0.05) is 18.9 Å². The van der Waals surface area contributed by atoms with Gasteiger partial charge in [-0.3, -0.25) is 4.98 Å². The van der Waals surface area contributed by atoms with Crippen molar-refractivity contribution in [2.24, 2.45) is 0 Å². The molecule has 3 rings (SSSR count). The van der Waals surface area contributed by atoms with Crippen molar-refractivity contribution in [1.29, 1.82) is 0 Å². The summed E-state index contributed by atoms with van der Waals surface area (Å²) < 4.78 is 1.94. The van der Waals surface area contributed by atoms with Crippen molar-refractivity contribution in [3.8, 4) is 0 Å². The summed E-state index contributed by atoms with van der Waals surface area (Å²) in [7, 11) is 0. The molecule has 3 heterocycles. The van der Waals surface area contributed by atoms with Crippen LogP contribution in [0.3, 0.4) is 0 Å². The molecule has 0 fully saturated rings. The van der Waals surface area contributed by atoms with Crippen LogP contribution in [0.1, 0.15) is 18.0 Å². The van der Waals surface area contributed by atoms with Gasteiger partial charge >= 0.3 is 0 Å². The minimum Gasteiger partial charge on any atom is -0.394 e. The Morgan fingerprint density at radius 1 is 1.44 bits per heavy atom. The molecular formula is C11H13N5. The highest BCUT2D eigenvalue weighted by molar-refractivity contribution is 5.61. The zero-order chi connectivity index (χ0) is 11.0. The van der Waals surface area contributed by atoms with Gasteiger partial charge in [0.25, 0.3) is 0 Å². The Kier molecular flexibility index (Phi) is 2.02. The van der Waals surface area contributed by atoms with E-state index in [9.17, 15) is 0 Å². The third-order valence-corrected chi connectivity index (χ3v) is 2.90. The summed E-state index contributed by atoms with van der Waals surface area (Å²) >= 11 is 0. The SMILES string of the molecule is Nc1cnn2c1NCCC2c1cccnc1. The number of nitrogens with one attached hydrogen (secondary N) is 1. The van der Waals surface area contributed by atoms with Crippen molar-refractivity contribution in [1.82, 2.24) is 14.8 Å². The number of pyridine rings is 1. The van der Waals surface area contributed by atoms with E-state index in [1.54, 1.807) is 12.4 Å². The van der Waals surface area contributed by atoms with Crippen LogP contribution in [0.25, 0.3) is 0 Å². The fourth-order valence-electron chi connectivity index (χ4n) is 2.13. The smallest absolute Gasteiger partial charge is 0.148 e. The third-order valence-electron chi connectivity index (χ3n) is 2.90. The van der Waals surface area contributed by atoms with E-state index in [1.165, 1.54) is 5.56 Å². The van der Waals surface area contributed by atoms with Gasteiger partial charge in [-0.2, -0.15) is 5.10 Å². The molecule has 0 radical (unpaired) electrons. The Morgan fingerprint density at radius 3 is 3.19 bits per heavy atom. The van der Waals surface area contributed by atoms with E-state index in [4.69, 9.17) is 5.73 Å². The molecule has 1 atom stereocenters. The second-order valence-corrected chi connectivity index (χ2v) is 3.91.